The van der Waals surface area contributed by atoms with E-state index in [1.165, 1.54) is 0 Å². The summed E-state index contributed by atoms with van der Waals surface area (Å²) in [5, 5.41) is 19.3. The van der Waals surface area contributed by atoms with E-state index in [9.17, 15) is 5.11 Å². The SMILES string of the molecule is CC1CN(CC(O)CN(C)Cc2cccc(C#N)c2)CC(C)O1. The number of β-amino-alcohol motifs (C(OH)–C–C–N with tert-alkyl or cyclic N) is 1. The van der Waals surface area contributed by atoms with Gasteiger partial charge in [-0.05, 0) is 38.6 Å². The van der Waals surface area contributed by atoms with Crippen LogP contribution in [-0.2, 0) is 11.3 Å². The molecule has 0 bridgehead atoms. The molecule has 0 amide bonds. The van der Waals surface area contributed by atoms with E-state index in [0.29, 0.717) is 18.7 Å². The lowest BCUT2D eigenvalue weighted by molar-refractivity contribution is -0.0777. The standard InChI is InChI=1S/C18H27N3O2/c1-14-9-21(10-15(2)23-14)13-18(22)12-20(3)11-17-6-4-5-16(7-17)8-19/h4-7,14-15,18,22H,9-13H2,1-3H3. The summed E-state index contributed by atoms with van der Waals surface area (Å²) in [7, 11) is 1.99. The van der Waals surface area contributed by atoms with Crippen LogP contribution in [0.5, 0.6) is 0 Å². The third-order valence-electron chi connectivity index (χ3n) is 4.00. The smallest absolute Gasteiger partial charge is 0.0991 e. The van der Waals surface area contributed by atoms with Gasteiger partial charge in [0.15, 0.2) is 0 Å². The number of nitrogens with zero attached hydrogens (tertiary/aromatic N) is 3. The number of aliphatic hydroxyl groups excluding tert-OH is 1. The summed E-state index contributed by atoms with van der Waals surface area (Å²) in [6.45, 7) is 7.89. The average molecular weight is 317 g/mol. The molecule has 0 aromatic heterocycles. The van der Waals surface area contributed by atoms with Crippen molar-refractivity contribution < 1.29 is 9.84 Å². The third-order valence-corrected chi connectivity index (χ3v) is 4.00. The van der Waals surface area contributed by atoms with Crippen molar-refractivity contribution in [1.29, 1.82) is 5.26 Å². The Kier molecular flexibility index (Phi) is 6.55. The van der Waals surface area contributed by atoms with Gasteiger partial charge in [0, 0.05) is 32.7 Å². The zero-order chi connectivity index (χ0) is 16.8. The summed E-state index contributed by atoms with van der Waals surface area (Å²) in [6.07, 6.45) is 0.0476. The number of rotatable bonds is 6. The van der Waals surface area contributed by atoms with Gasteiger partial charge in [0.1, 0.15) is 0 Å². The van der Waals surface area contributed by atoms with Crippen LogP contribution in [0.3, 0.4) is 0 Å². The number of morpholine rings is 1. The first kappa shape index (κ1) is 17.9. The maximum Gasteiger partial charge on any atom is 0.0991 e. The number of hydrogen-bond acceptors (Lipinski definition) is 5. The molecule has 0 aliphatic carbocycles. The van der Waals surface area contributed by atoms with Crippen molar-refractivity contribution in [3.8, 4) is 6.07 Å². The van der Waals surface area contributed by atoms with E-state index in [4.69, 9.17) is 10.00 Å². The molecule has 1 aliphatic rings. The number of ether oxygens (including phenoxy) is 1. The van der Waals surface area contributed by atoms with Gasteiger partial charge in [0.25, 0.3) is 0 Å². The summed E-state index contributed by atoms with van der Waals surface area (Å²) in [6, 6.07) is 9.77. The largest absolute Gasteiger partial charge is 0.390 e. The Hall–Kier alpha value is -1.45. The van der Waals surface area contributed by atoms with Gasteiger partial charge in [0.2, 0.25) is 0 Å². The van der Waals surface area contributed by atoms with Crippen molar-refractivity contribution in [1.82, 2.24) is 9.80 Å². The number of hydrogen-bond donors (Lipinski definition) is 1. The molecule has 23 heavy (non-hydrogen) atoms. The monoisotopic (exact) mass is 317 g/mol. The Morgan fingerprint density at radius 1 is 1.39 bits per heavy atom. The predicted octanol–water partition coefficient (Wildman–Crippen LogP) is 1.46. The lowest BCUT2D eigenvalue weighted by Crippen LogP contribution is -2.49. The second-order valence-corrected chi connectivity index (χ2v) is 6.64. The maximum absolute atomic E-state index is 10.3. The van der Waals surface area contributed by atoms with Crippen molar-refractivity contribution >= 4 is 0 Å². The molecule has 0 saturated carbocycles. The highest BCUT2D eigenvalue weighted by Crippen LogP contribution is 2.12. The van der Waals surface area contributed by atoms with Gasteiger partial charge >= 0.3 is 0 Å². The molecule has 0 spiro atoms. The predicted molar refractivity (Wildman–Crippen MR) is 89.9 cm³/mol. The molecule has 1 aromatic rings. The van der Waals surface area contributed by atoms with Crippen LogP contribution in [0.2, 0.25) is 0 Å². The normalized spacial score (nSPS) is 23.7. The van der Waals surface area contributed by atoms with Gasteiger partial charge in [-0.25, -0.2) is 0 Å². The van der Waals surface area contributed by atoms with Crippen molar-refractivity contribution in [3.63, 3.8) is 0 Å². The molecule has 2 rings (SSSR count). The van der Waals surface area contributed by atoms with E-state index in [1.807, 2.05) is 25.2 Å². The molecule has 1 heterocycles. The first-order valence-electron chi connectivity index (χ1n) is 8.19. The quantitative estimate of drug-likeness (QED) is 0.861. The van der Waals surface area contributed by atoms with Crippen LogP contribution in [0.4, 0.5) is 0 Å². The topological polar surface area (TPSA) is 59.7 Å². The minimum Gasteiger partial charge on any atom is -0.390 e. The highest BCUT2D eigenvalue weighted by Gasteiger charge is 2.24. The molecule has 1 fully saturated rings. The molecule has 1 N–H and O–H groups in total. The Balaban J connectivity index is 1.80. The molecular weight excluding hydrogens is 290 g/mol. The summed E-state index contributed by atoms with van der Waals surface area (Å²) in [4.78, 5) is 4.36. The van der Waals surface area contributed by atoms with Crippen LogP contribution in [0.1, 0.15) is 25.0 Å². The zero-order valence-electron chi connectivity index (χ0n) is 14.3. The second-order valence-electron chi connectivity index (χ2n) is 6.64. The number of aliphatic hydroxyl groups is 1. The third kappa shape index (κ3) is 5.92. The van der Waals surface area contributed by atoms with Crippen LogP contribution < -0.4 is 0 Å². The van der Waals surface area contributed by atoms with Gasteiger partial charge < -0.3 is 9.84 Å². The van der Waals surface area contributed by atoms with Crippen molar-refractivity contribution in [2.75, 3.05) is 33.2 Å². The van der Waals surface area contributed by atoms with E-state index in [1.54, 1.807) is 6.07 Å². The fourth-order valence-electron chi connectivity index (χ4n) is 3.26. The van der Waals surface area contributed by atoms with E-state index in [2.05, 4.69) is 29.7 Å². The van der Waals surface area contributed by atoms with Crippen LogP contribution in [-0.4, -0.2) is 66.4 Å². The number of likely N-dealkylation sites (N-methyl/N-ethyl adjacent to an activating group) is 1. The summed E-state index contributed by atoms with van der Waals surface area (Å²) in [5.74, 6) is 0. The van der Waals surface area contributed by atoms with E-state index >= 15 is 0 Å². The lowest BCUT2D eigenvalue weighted by Gasteiger charge is -2.36. The van der Waals surface area contributed by atoms with Gasteiger partial charge in [-0.1, -0.05) is 12.1 Å². The van der Waals surface area contributed by atoms with Crippen molar-refractivity contribution in [2.24, 2.45) is 0 Å². The van der Waals surface area contributed by atoms with Crippen LogP contribution >= 0.6 is 0 Å². The first-order valence-corrected chi connectivity index (χ1v) is 8.19. The fraction of sp³-hybridized carbons (Fsp3) is 0.611. The van der Waals surface area contributed by atoms with Gasteiger partial charge in [-0.15, -0.1) is 0 Å². The molecule has 3 unspecified atom stereocenters. The highest BCUT2D eigenvalue weighted by atomic mass is 16.5. The number of nitriles is 1. The fourth-order valence-corrected chi connectivity index (χ4v) is 3.26. The first-order chi connectivity index (χ1) is 11.0. The Labute approximate surface area is 139 Å². The Morgan fingerprint density at radius 2 is 2.09 bits per heavy atom. The summed E-state index contributed by atoms with van der Waals surface area (Å²) in [5.41, 5.74) is 1.76. The van der Waals surface area contributed by atoms with E-state index in [0.717, 1.165) is 25.2 Å². The molecular formula is C18H27N3O2. The average Bonchev–Trinajstić information content (AvgIpc) is 2.45. The molecule has 3 atom stereocenters. The second kappa shape index (κ2) is 8.42. The summed E-state index contributed by atoms with van der Waals surface area (Å²) < 4.78 is 5.72. The van der Waals surface area contributed by atoms with Gasteiger partial charge in [-0.2, -0.15) is 5.26 Å². The van der Waals surface area contributed by atoms with Crippen molar-refractivity contribution in [2.45, 2.75) is 38.7 Å². The minimum atomic E-state index is -0.392. The maximum atomic E-state index is 10.3. The molecule has 1 aliphatic heterocycles. The van der Waals surface area contributed by atoms with E-state index in [-0.39, 0.29) is 12.2 Å². The van der Waals surface area contributed by atoms with Crippen LogP contribution in [0.15, 0.2) is 24.3 Å². The van der Waals surface area contributed by atoms with E-state index < -0.39 is 6.10 Å². The number of benzene rings is 1. The molecule has 5 heteroatoms. The summed E-state index contributed by atoms with van der Waals surface area (Å²) >= 11 is 0. The van der Waals surface area contributed by atoms with Gasteiger partial charge in [-0.3, -0.25) is 9.80 Å². The zero-order valence-corrected chi connectivity index (χ0v) is 14.3. The molecule has 0 radical (unpaired) electrons. The highest BCUT2D eigenvalue weighted by molar-refractivity contribution is 5.32. The Bertz CT molecular complexity index is 533. The lowest BCUT2D eigenvalue weighted by atomic mass is 10.1. The van der Waals surface area contributed by atoms with Crippen LogP contribution in [0.25, 0.3) is 0 Å². The van der Waals surface area contributed by atoms with Crippen molar-refractivity contribution in [3.05, 3.63) is 35.4 Å². The van der Waals surface area contributed by atoms with Crippen LogP contribution in [0, 0.1) is 11.3 Å². The van der Waals surface area contributed by atoms with Gasteiger partial charge in [0.05, 0.1) is 29.9 Å². The Morgan fingerprint density at radius 3 is 2.74 bits per heavy atom. The molecule has 126 valence electrons. The molecule has 1 saturated heterocycles. The molecule has 1 aromatic carbocycles. The molecule has 5 nitrogen and oxygen atoms in total. The minimum absolute atomic E-state index is 0.220.